The van der Waals surface area contributed by atoms with Gasteiger partial charge in [0.25, 0.3) is 0 Å². The summed E-state index contributed by atoms with van der Waals surface area (Å²) in [6.45, 7) is 12.8. The van der Waals surface area contributed by atoms with Gasteiger partial charge in [-0.15, -0.1) is 0 Å². The zero-order valence-corrected chi connectivity index (χ0v) is 15.0. The number of carbonyl (C=O) groups excluding carboxylic acids is 1. The molecule has 0 unspecified atom stereocenters. The van der Waals surface area contributed by atoms with E-state index in [4.69, 9.17) is 4.74 Å². The molecule has 0 bridgehead atoms. The second-order valence-electron chi connectivity index (χ2n) is 6.49. The van der Waals surface area contributed by atoms with E-state index in [-0.39, 0.29) is 12.5 Å². The number of carboxylic acids is 1. The number of ether oxygens (including phenoxy) is 1. The molecule has 0 aromatic rings. The Balaban J connectivity index is 5.16. The first-order valence-electron chi connectivity index (χ1n) is 7.65. The average Bonchev–Trinajstić information content (AvgIpc) is 2.42. The Hall–Kier alpha value is -2.04. The van der Waals surface area contributed by atoms with Crippen LogP contribution in [0.25, 0.3) is 0 Å². The van der Waals surface area contributed by atoms with Crippen LogP contribution >= 0.6 is 0 Å². The van der Waals surface area contributed by atoms with Crippen molar-refractivity contribution in [2.75, 3.05) is 13.6 Å². The van der Waals surface area contributed by atoms with Gasteiger partial charge < -0.3 is 14.7 Å². The maximum Gasteiger partial charge on any atom is 0.410 e. The van der Waals surface area contributed by atoms with Crippen LogP contribution in [0.5, 0.6) is 0 Å². The number of nitrogens with zero attached hydrogens (tertiary/aromatic N) is 1. The summed E-state index contributed by atoms with van der Waals surface area (Å²) in [5.41, 5.74) is 0.196. The lowest BCUT2D eigenvalue weighted by molar-refractivity contribution is -0.143. The molecule has 0 rings (SSSR count). The van der Waals surface area contributed by atoms with Crippen LogP contribution in [0.4, 0.5) is 4.79 Å². The molecule has 130 valence electrons. The third-order valence-electron chi connectivity index (χ3n) is 3.34. The lowest BCUT2D eigenvalue weighted by Crippen LogP contribution is -2.40. The van der Waals surface area contributed by atoms with E-state index in [2.05, 4.69) is 6.58 Å². The number of hydrogen-bond acceptors (Lipinski definition) is 3. The molecular weight excluding hydrogens is 294 g/mol. The number of hydrogen-bond donors (Lipinski definition) is 1. The van der Waals surface area contributed by atoms with E-state index in [1.54, 1.807) is 33.9 Å². The molecule has 0 aromatic carbocycles. The Labute approximate surface area is 139 Å². The Kier molecular flexibility index (Phi) is 8.36. The SMILES string of the molecule is C=C/C(=C\C=C/C)[C@H](C)[C@@H](CN(C)C(=O)OC(C)(C)C)C(=O)O. The van der Waals surface area contributed by atoms with Gasteiger partial charge in [-0.3, -0.25) is 4.79 Å². The van der Waals surface area contributed by atoms with E-state index in [0.717, 1.165) is 5.57 Å². The molecule has 5 nitrogen and oxygen atoms in total. The molecule has 2 atom stereocenters. The minimum atomic E-state index is -0.957. The third kappa shape index (κ3) is 7.68. The highest BCUT2D eigenvalue weighted by Crippen LogP contribution is 2.23. The monoisotopic (exact) mass is 323 g/mol. The van der Waals surface area contributed by atoms with Crippen LogP contribution in [-0.2, 0) is 9.53 Å². The van der Waals surface area contributed by atoms with E-state index in [1.165, 1.54) is 4.90 Å². The first-order chi connectivity index (χ1) is 10.5. The minimum absolute atomic E-state index is 0.0619. The van der Waals surface area contributed by atoms with Crippen molar-refractivity contribution in [2.24, 2.45) is 11.8 Å². The molecule has 0 heterocycles. The number of carbonyl (C=O) groups is 2. The van der Waals surface area contributed by atoms with E-state index >= 15 is 0 Å². The predicted octanol–water partition coefficient (Wildman–Crippen LogP) is 3.88. The molecule has 0 saturated carbocycles. The molecule has 5 heteroatoms. The number of amides is 1. The van der Waals surface area contributed by atoms with Gasteiger partial charge in [0.05, 0.1) is 5.92 Å². The highest BCUT2D eigenvalue weighted by molar-refractivity contribution is 5.73. The highest BCUT2D eigenvalue weighted by Gasteiger charge is 2.30. The summed E-state index contributed by atoms with van der Waals surface area (Å²) in [6, 6.07) is 0. The molecule has 0 aliphatic heterocycles. The fraction of sp³-hybridized carbons (Fsp3) is 0.556. The quantitative estimate of drug-likeness (QED) is 0.722. The number of carboxylic acid groups (broad SMARTS) is 1. The summed E-state index contributed by atoms with van der Waals surface area (Å²) in [5, 5.41) is 9.52. The van der Waals surface area contributed by atoms with Crippen LogP contribution in [0.2, 0.25) is 0 Å². The van der Waals surface area contributed by atoms with Gasteiger partial charge in [0.15, 0.2) is 0 Å². The predicted molar refractivity (Wildman–Crippen MR) is 92.2 cm³/mol. The van der Waals surface area contributed by atoms with Crippen LogP contribution in [0.3, 0.4) is 0 Å². The maximum absolute atomic E-state index is 12.0. The largest absolute Gasteiger partial charge is 0.481 e. The number of allylic oxidation sites excluding steroid dienone is 5. The summed E-state index contributed by atoms with van der Waals surface area (Å²) >= 11 is 0. The number of rotatable bonds is 7. The second kappa shape index (κ2) is 9.18. The van der Waals surface area contributed by atoms with Crippen molar-refractivity contribution < 1.29 is 19.4 Å². The summed E-state index contributed by atoms with van der Waals surface area (Å²) in [7, 11) is 1.54. The molecule has 0 fully saturated rings. The van der Waals surface area contributed by atoms with Crippen LogP contribution in [0, 0.1) is 11.8 Å². The van der Waals surface area contributed by atoms with Crippen LogP contribution in [0.15, 0.2) is 36.5 Å². The summed E-state index contributed by atoms with van der Waals surface area (Å²) in [5.74, 6) is -1.99. The van der Waals surface area contributed by atoms with Crippen LogP contribution in [0.1, 0.15) is 34.6 Å². The van der Waals surface area contributed by atoms with Crippen molar-refractivity contribution in [3.05, 3.63) is 36.5 Å². The molecule has 1 N–H and O–H groups in total. The Morgan fingerprint density at radius 1 is 1.35 bits per heavy atom. The summed E-state index contributed by atoms with van der Waals surface area (Å²) in [6.07, 6.45) is 6.64. The smallest absolute Gasteiger partial charge is 0.410 e. The Bertz CT molecular complexity index is 486. The van der Waals surface area contributed by atoms with Crippen LogP contribution in [-0.4, -0.2) is 41.3 Å². The van der Waals surface area contributed by atoms with Crippen molar-refractivity contribution >= 4 is 12.1 Å². The van der Waals surface area contributed by atoms with Gasteiger partial charge in [-0.2, -0.15) is 0 Å². The molecule has 0 aliphatic rings. The van der Waals surface area contributed by atoms with Gasteiger partial charge in [0.2, 0.25) is 0 Å². The average molecular weight is 323 g/mol. The van der Waals surface area contributed by atoms with E-state index < -0.39 is 23.6 Å². The number of aliphatic carboxylic acids is 1. The minimum Gasteiger partial charge on any atom is -0.481 e. The van der Waals surface area contributed by atoms with Gasteiger partial charge in [0.1, 0.15) is 5.60 Å². The van der Waals surface area contributed by atoms with Gasteiger partial charge in [-0.1, -0.05) is 37.8 Å². The molecule has 0 spiro atoms. The van der Waals surface area contributed by atoms with Crippen LogP contribution < -0.4 is 0 Å². The van der Waals surface area contributed by atoms with Crippen molar-refractivity contribution in [2.45, 2.75) is 40.2 Å². The lowest BCUT2D eigenvalue weighted by Gasteiger charge is -2.28. The van der Waals surface area contributed by atoms with Crippen molar-refractivity contribution in [1.29, 1.82) is 0 Å². The molecule has 0 aromatic heterocycles. The van der Waals surface area contributed by atoms with Crippen molar-refractivity contribution in [1.82, 2.24) is 4.90 Å². The van der Waals surface area contributed by atoms with E-state index in [1.807, 2.05) is 32.1 Å². The van der Waals surface area contributed by atoms with Crippen molar-refractivity contribution in [3.8, 4) is 0 Å². The van der Waals surface area contributed by atoms with Gasteiger partial charge in [-0.05, 0) is 39.2 Å². The summed E-state index contributed by atoms with van der Waals surface area (Å²) < 4.78 is 5.26. The van der Waals surface area contributed by atoms with Gasteiger partial charge >= 0.3 is 12.1 Å². The first-order valence-corrected chi connectivity index (χ1v) is 7.65. The molecule has 1 amide bonds. The Morgan fingerprint density at radius 3 is 2.30 bits per heavy atom. The van der Waals surface area contributed by atoms with Crippen molar-refractivity contribution in [3.63, 3.8) is 0 Å². The zero-order chi connectivity index (χ0) is 18.2. The fourth-order valence-corrected chi connectivity index (χ4v) is 2.00. The molecule has 23 heavy (non-hydrogen) atoms. The molecule has 0 aliphatic carbocycles. The van der Waals surface area contributed by atoms with Gasteiger partial charge in [-0.25, -0.2) is 4.79 Å². The first kappa shape index (κ1) is 21.0. The highest BCUT2D eigenvalue weighted by atomic mass is 16.6. The zero-order valence-electron chi connectivity index (χ0n) is 15.0. The van der Waals surface area contributed by atoms with Gasteiger partial charge in [0, 0.05) is 13.6 Å². The molecule has 0 saturated heterocycles. The standard InChI is InChI=1S/C18H29NO4/c1-8-10-11-14(9-2)13(3)15(16(20)21)12-19(7)17(22)23-18(4,5)6/h8-11,13,15H,2,12H2,1,3-7H3,(H,20,21)/b10-8-,14-11+/t13-,15+/m0/s1. The topological polar surface area (TPSA) is 66.8 Å². The molecule has 0 radical (unpaired) electrons. The van der Waals surface area contributed by atoms with E-state index in [9.17, 15) is 14.7 Å². The third-order valence-corrected chi connectivity index (χ3v) is 3.34. The maximum atomic E-state index is 12.0. The summed E-state index contributed by atoms with van der Waals surface area (Å²) in [4.78, 5) is 24.9. The lowest BCUT2D eigenvalue weighted by atomic mass is 9.86. The Morgan fingerprint density at radius 2 is 1.91 bits per heavy atom. The fourth-order valence-electron chi connectivity index (χ4n) is 2.00. The van der Waals surface area contributed by atoms with E-state index in [0.29, 0.717) is 0 Å². The molecular formula is C18H29NO4. The normalized spacial score (nSPS) is 15.1. The second-order valence-corrected chi connectivity index (χ2v) is 6.49.